The molecule has 0 saturated carbocycles. The van der Waals surface area contributed by atoms with E-state index in [1.54, 1.807) is 0 Å². The van der Waals surface area contributed by atoms with Gasteiger partial charge in [-0.3, -0.25) is 9.55 Å². The lowest BCUT2D eigenvalue weighted by Crippen LogP contribution is -2.28. The number of rotatable bonds is 5. The molecular weight excluding hydrogens is 653 g/mol. The van der Waals surface area contributed by atoms with Crippen LogP contribution in [0.1, 0.15) is 79.0 Å². The number of hydrogen-bond acceptors (Lipinski definition) is 6. The number of anilines is 4. The number of para-hydroxylation sites is 1. The molecule has 7 heteroatoms. The molecule has 0 bridgehead atoms. The topological polar surface area (TPSA) is 59.3 Å². The Labute approximate surface area is 312 Å². The number of benzene rings is 3. The van der Waals surface area contributed by atoms with Crippen LogP contribution in [0.3, 0.4) is 0 Å². The van der Waals surface area contributed by atoms with Crippen LogP contribution >= 0.6 is 0 Å². The Morgan fingerprint density at radius 3 is 2.09 bits per heavy atom. The smallest absolute Gasteiger partial charge is 0.138 e. The monoisotopic (exact) mass is 700 g/mol. The molecular formula is C46H48N6O. The minimum Gasteiger partial charge on any atom is -0.457 e. The van der Waals surface area contributed by atoms with Crippen LogP contribution in [-0.2, 0) is 16.2 Å². The zero-order valence-electron chi connectivity index (χ0n) is 32.3. The number of hydrogen-bond donors (Lipinski definition) is 0. The highest BCUT2D eigenvalue weighted by Crippen LogP contribution is 2.47. The van der Waals surface area contributed by atoms with Gasteiger partial charge >= 0.3 is 0 Å². The molecule has 4 aromatic heterocycles. The second kappa shape index (κ2) is 12.5. The average Bonchev–Trinajstić information content (AvgIpc) is 3.66. The van der Waals surface area contributed by atoms with Gasteiger partial charge in [0.1, 0.15) is 29.8 Å². The average molecular weight is 701 g/mol. The highest BCUT2D eigenvalue weighted by molar-refractivity contribution is 6.09. The fraction of sp³-hybridized carbons (Fsp3) is 0.283. The van der Waals surface area contributed by atoms with E-state index in [1.165, 1.54) is 22.1 Å². The first-order valence-corrected chi connectivity index (χ1v) is 18.4. The van der Waals surface area contributed by atoms with Crippen molar-refractivity contribution in [1.29, 1.82) is 0 Å². The third kappa shape index (κ3) is 6.28. The lowest BCUT2D eigenvalue weighted by atomic mass is 9.81. The summed E-state index contributed by atoms with van der Waals surface area (Å²) in [5.74, 6) is 3.38. The van der Waals surface area contributed by atoms with Crippen LogP contribution in [0.5, 0.6) is 11.5 Å². The first-order valence-electron chi connectivity index (χ1n) is 18.4. The maximum absolute atomic E-state index is 6.66. The van der Waals surface area contributed by atoms with Crippen molar-refractivity contribution in [3.8, 4) is 17.3 Å². The van der Waals surface area contributed by atoms with Gasteiger partial charge in [-0.2, -0.15) is 0 Å². The lowest BCUT2D eigenvalue weighted by Gasteiger charge is -2.30. The van der Waals surface area contributed by atoms with E-state index in [0.29, 0.717) is 6.67 Å². The molecule has 3 aromatic carbocycles. The van der Waals surface area contributed by atoms with Gasteiger partial charge in [0.15, 0.2) is 0 Å². The Morgan fingerprint density at radius 1 is 0.566 bits per heavy atom. The van der Waals surface area contributed by atoms with E-state index in [9.17, 15) is 0 Å². The first-order chi connectivity index (χ1) is 25.2. The summed E-state index contributed by atoms with van der Waals surface area (Å²) >= 11 is 0. The van der Waals surface area contributed by atoms with Crippen molar-refractivity contribution in [2.24, 2.45) is 0 Å². The largest absolute Gasteiger partial charge is 0.457 e. The van der Waals surface area contributed by atoms with E-state index in [-0.39, 0.29) is 16.2 Å². The Balaban J connectivity index is 1.15. The van der Waals surface area contributed by atoms with Gasteiger partial charge in [-0.25, -0.2) is 9.97 Å². The van der Waals surface area contributed by atoms with Crippen LogP contribution < -0.4 is 14.5 Å². The fourth-order valence-corrected chi connectivity index (χ4v) is 7.26. The summed E-state index contributed by atoms with van der Waals surface area (Å²) in [5, 5.41) is 2.34. The normalized spacial score (nSPS) is 13.6. The molecule has 0 saturated heterocycles. The molecule has 53 heavy (non-hydrogen) atoms. The second-order valence-electron chi connectivity index (χ2n) is 17.2. The molecule has 7 nitrogen and oxygen atoms in total. The van der Waals surface area contributed by atoms with Crippen LogP contribution in [-0.4, -0.2) is 26.2 Å². The molecule has 8 rings (SSSR count). The molecule has 0 fully saturated rings. The van der Waals surface area contributed by atoms with Crippen molar-refractivity contribution < 1.29 is 4.74 Å². The number of nitrogens with zero attached hydrogens (tertiary/aromatic N) is 6. The molecule has 268 valence electrons. The SMILES string of the molecule is CC(C)(C)c1ccnc(-n2c3ccccc3c3ccc(Oc4cccc(N5CN(c6ncc(C(C)(C)C)cc6C(C)(C)C)c6ccncc65)c4)cc32)c1. The molecule has 1 aliphatic heterocycles. The minimum atomic E-state index is -0.101. The van der Waals surface area contributed by atoms with Crippen LogP contribution in [0, 0.1) is 0 Å². The predicted octanol–water partition coefficient (Wildman–Crippen LogP) is 11.9. The molecule has 7 aromatic rings. The van der Waals surface area contributed by atoms with E-state index < -0.39 is 0 Å². The molecule has 0 amide bonds. The number of aromatic nitrogens is 4. The molecule has 0 atom stereocenters. The van der Waals surface area contributed by atoms with Crippen LogP contribution in [0.15, 0.2) is 116 Å². The van der Waals surface area contributed by atoms with Gasteiger partial charge in [-0.15, -0.1) is 0 Å². The van der Waals surface area contributed by atoms with E-state index in [0.717, 1.165) is 56.6 Å². The van der Waals surface area contributed by atoms with Crippen molar-refractivity contribution >= 4 is 44.7 Å². The fourth-order valence-electron chi connectivity index (χ4n) is 7.26. The summed E-state index contributed by atoms with van der Waals surface area (Å²) < 4.78 is 8.91. The summed E-state index contributed by atoms with van der Waals surface area (Å²) in [6.45, 7) is 20.8. The van der Waals surface area contributed by atoms with Gasteiger partial charge in [0.05, 0.1) is 28.6 Å². The zero-order valence-corrected chi connectivity index (χ0v) is 32.3. The maximum atomic E-state index is 6.66. The maximum Gasteiger partial charge on any atom is 0.138 e. The summed E-state index contributed by atoms with van der Waals surface area (Å²) in [6, 6.07) is 31.9. The van der Waals surface area contributed by atoms with E-state index >= 15 is 0 Å². The standard InChI is InChI=1S/C46H48N6O/c1-44(2,3)30-19-22-48-42(24-30)52-38-16-11-10-15-35(38)36-18-17-34(26-40(36)52)53-33-14-12-13-32(25-33)50-29-51(39-20-21-47-28-41(39)50)43-37(46(7,8)9)23-31(27-49-43)45(4,5)6/h10-28H,29H2,1-9H3. The lowest BCUT2D eigenvalue weighted by molar-refractivity contribution is 0.483. The highest BCUT2D eigenvalue weighted by Gasteiger charge is 2.33. The predicted molar refractivity (Wildman–Crippen MR) is 219 cm³/mol. The van der Waals surface area contributed by atoms with E-state index in [2.05, 4.69) is 167 Å². The molecule has 1 aliphatic rings. The third-order valence-electron chi connectivity index (χ3n) is 10.3. The summed E-state index contributed by atoms with van der Waals surface area (Å²) in [5.41, 5.74) is 8.88. The summed E-state index contributed by atoms with van der Waals surface area (Å²) in [7, 11) is 0. The van der Waals surface area contributed by atoms with Crippen LogP contribution in [0.25, 0.3) is 27.6 Å². The second-order valence-corrected chi connectivity index (χ2v) is 17.2. The Kier molecular flexibility index (Phi) is 8.09. The Morgan fingerprint density at radius 2 is 1.32 bits per heavy atom. The van der Waals surface area contributed by atoms with Crippen molar-refractivity contribution in [3.63, 3.8) is 0 Å². The number of ether oxygens (including phenoxy) is 1. The molecule has 0 N–H and O–H groups in total. The molecule has 0 unspecified atom stereocenters. The minimum absolute atomic E-state index is 0.000163. The van der Waals surface area contributed by atoms with Gasteiger partial charge in [-0.1, -0.05) is 86.6 Å². The van der Waals surface area contributed by atoms with E-state index in [1.807, 2.05) is 30.9 Å². The van der Waals surface area contributed by atoms with Crippen molar-refractivity contribution in [2.45, 2.75) is 78.6 Å². The molecule has 0 spiro atoms. The Hall–Kier alpha value is -5.69. The van der Waals surface area contributed by atoms with Crippen molar-refractivity contribution in [3.05, 3.63) is 132 Å². The van der Waals surface area contributed by atoms with E-state index in [4.69, 9.17) is 14.7 Å². The van der Waals surface area contributed by atoms with Crippen LogP contribution in [0.4, 0.5) is 22.9 Å². The number of pyridine rings is 3. The molecule has 5 heterocycles. The number of fused-ring (bicyclic) bond motifs is 4. The first kappa shape index (κ1) is 34.4. The van der Waals surface area contributed by atoms with Gasteiger partial charge in [-0.05, 0) is 82.0 Å². The highest BCUT2D eigenvalue weighted by atomic mass is 16.5. The van der Waals surface area contributed by atoms with Crippen LogP contribution in [0.2, 0.25) is 0 Å². The summed E-state index contributed by atoms with van der Waals surface area (Å²) in [4.78, 5) is 19.1. The molecule has 0 aliphatic carbocycles. The van der Waals surface area contributed by atoms with Crippen molar-refractivity contribution in [2.75, 3.05) is 16.5 Å². The van der Waals surface area contributed by atoms with Gasteiger partial charge in [0.25, 0.3) is 0 Å². The van der Waals surface area contributed by atoms with Crippen molar-refractivity contribution in [1.82, 2.24) is 19.5 Å². The third-order valence-corrected chi connectivity index (χ3v) is 10.3. The van der Waals surface area contributed by atoms with Gasteiger partial charge in [0.2, 0.25) is 0 Å². The zero-order chi connectivity index (χ0) is 37.3. The van der Waals surface area contributed by atoms with Gasteiger partial charge in [0, 0.05) is 52.7 Å². The molecule has 0 radical (unpaired) electrons. The quantitative estimate of drug-likeness (QED) is 0.178. The van der Waals surface area contributed by atoms with Gasteiger partial charge < -0.3 is 14.5 Å². The Bertz CT molecular complexity index is 2490. The summed E-state index contributed by atoms with van der Waals surface area (Å²) in [6.07, 6.45) is 7.75.